The van der Waals surface area contributed by atoms with E-state index in [9.17, 15) is 5.11 Å². The van der Waals surface area contributed by atoms with Gasteiger partial charge in [-0.25, -0.2) is 4.98 Å². The largest absolute Gasteiger partial charge is 0.492 e. The summed E-state index contributed by atoms with van der Waals surface area (Å²) in [6, 6.07) is 16.0. The molecule has 9 heteroatoms. The van der Waals surface area contributed by atoms with Gasteiger partial charge in [0.25, 0.3) is 0 Å². The lowest BCUT2D eigenvalue weighted by molar-refractivity contribution is 0.341. The molecule has 0 bridgehead atoms. The van der Waals surface area contributed by atoms with Gasteiger partial charge in [0.05, 0.1) is 30.3 Å². The molecule has 1 heterocycles. The van der Waals surface area contributed by atoms with Crippen LogP contribution in [0.4, 0.5) is 10.8 Å². The number of nitrogens with two attached hydrogens (primary N) is 1. The minimum Gasteiger partial charge on any atom is -0.492 e. The second kappa shape index (κ2) is 14.2. The Balaban J connectivity index is 1.59. The van der Waals surface area contributed by atoms with Crippen molar-refractivity contribution < 1.29 is 9.84 Å². The molecule has 3 rings (SSSR count). The van der Waals surface area contributed by atoms with Crippen LogP contribution in [0.5, 0.6) is 5.75 Å². The van der Waals surface area contributed by atoms with Gasteiger partial charge in [-0.15, -0.1) is 11.3 Å². The highest BCUT2D eigenvalue weighted by Gasteiger charge is 2.08. The Labute approximate surface area is 210 Å². The summed E-state index contributed by atoms with van der Waals surface area (Å²) in [6.45, 7) is 4.75. The number of unbranched alkanes of at least 4 members (excludes halogenated alkanes) is 2. The molecular weight excluding hydrogens is 460 g/mol. The number of para-hydroxylation sites is 2. The van der Waals surface area contributed by atoms with Crippen LogP contribution in [0.25, 0.3) is 11.3 Å². The maximum atomic E-state index is 9.77. The summed E-state index contributed by atoms with van der Waals surface area (Å²) in [5, 5.41) is 21.1. The number of nitrogens with one attached hydrogen (secondary N) is 2. The molecule has 0 aliphatic rings. The zero-order chi connectivity index (χ0) is 24.9. The number of benzene rings is 2. The highest BCUT2D eigenvalue weighted by atomic mass is 32.1. The van der Waals surface area contributed by atoms with Crippen molar-refractivity contribution in [1.29, 1.82) is 0 Å². The number of thiazole rings is 1. The molecule has 0 fully saturated rings. The maximum absolute atomic E-state index is 9.77. The van der Waals surface area contributed by atoms with E-state index in [0.29, 0.717) is 34.6 Å². The van der Waals surface area contributed by atoms with E-state index in [1.807, 2.05) is 36.6 Å². The topological polar surface area (TPSA) is 117 Å². The fraction of sp³-hybridized carbons (Fsp3) is 0.346. The van der Waals surface area contributed by atoms with E-state index in [-0.39, 0.29) is 6.61 Å². The average Bonchev–Trinajstić information content (AvgIpc) is 3.36. The van der Waals surface area contributed by atoms with Gasteiger partial charge >= 0.3 is 0 Å². The molecule has 0 atom stereocenters. The number of ether oxygens (including phenoxy) is 1. The molecule has 35 heavy (non-hydrogen) atoms. The average molecular weight is 495 g/mol. The van der Waals surface area contributed by atoms with Crippen molar-refractivity contribution in [3.8, 4) is 17.0 Å². The summed E-state index contributed by atoms with van der Waals surface area (Å²) < 4.78 is 5.59. The first kappa shape index (κ1) is 26.3. The predicted octanol–water partition coefficient (Wildman–Crippen LogP) is 5.13. The fourth-order valence-electron chi connectivity index (χ4n) is 3.35. The zero-order valence-corrected chi connectivity index (χ0v) is 21.1. The Kier molecular flexibility index (Phi) is 10.7. The lowest BCUT2D eigenvalue weighted by atomic mass is 10.0. The quantitative estimate of drug-likeness (QED) is 0.140. The summed E-state index contributed by atoms with van der Waals surface area (Å²) in [7, 11) is 0. The summed E-state index contributed by atoms with van der Waals surface area (Å²) in [5.41, 5.74) is 16.4. The molecule has 0 saturated heterocycles. The Morgan fingerprint density at radius 3 is 2.60 bits per heavy atom. The van der Waals surface area contributed by atoms with Crippen molar-refractivity contribution in [1.82, 2.24) is 4.98 Å². The van der Waals surface area contributed by atoms with Crippen LogP contribution in [-0.4, -0.2) is 41.3 Å². The maximum Gasteiger partial charge on any atom is 0.203 e. The van der Waals surface area contributed by atoms with Crippen LogP contribution in [0.2, 0.25) is 0 Å². The van der Waals surface area contributed by atoms with Gasteiger partial charge in [0.2, 0.25) is 5.13 Å². The number of aryl methyl sites for hydroxylation is 1. The highest BCUT2D eigenvalue weighted by molar-refractivity contribution is 7.14. The first-order chi connectivity index (χ1) is 17.1. The van der Waals surface area contributed by atoms with Crippen LogP contribution in [0, 0.1) is 0 Å². The molecule has 0 saturated carbocycles. The lowest BCUT2D eigenvalue weighted by Gasteiger charge is -2.10. The second-order valence-electron chi connectivity index (χ2n) is 7.90. The molecule has 2 aromatic carbocycles. The van der Waals surface area contributed by atoms with E-state index in [2.05, 4.69) is 50.3 Å². The third-order valence-corrected chi connectivity index (χ3v) is 6.06. The molecule has 5 N–H and O–H groups in total. The third-order valence-electron chi connectivity index (χ3n) is 5.31. The van der Waals surface area contributed by atoms with Crippen molar-refractivity contribution in [2.75, 3.05) is 30.6 Å². The van der Waals surface area contributed by atoms with Gasteiger partial charge in [0.15, 0.2) is 0 Å². The van der Waals surface area contributed by atoms with E-state index in [1.165, 1.54) is 23.3 Å². The number of nitrogens with zero attached hydrogens (tertiary/aromatic N) is 3. The lowest BCUT2D eigenvalue weighted by Crippen LogP contribution is -2.18. The molecule has 0 unspecified atom stereocenters. The first-order valence-corrected chi connectivity index (χ1v) is 12.7. The van der Waals surface area contributed by atoms with Crippen molar-refractivity contribution in [2.24, 2.45) is 15.9 Å². The standard InChI is InChI=1S/C26H34N6O2S/c1-3-34-25-11-7-6-10-22(25)30-31-23(17-33)19(2)29-32-26-28-24(18-35-26)21-14-12-20(13-15-21)9-5-4-8-16-27/h6-7,10-15,18,30,33H,3-5,8-9,16-17,27H2,1-2H3,(H,28,32)/b29-19-,31-23-. The molecule has 3 aromatic rings. The molecular formula is C26H34N6O2S. The molecule has 0 spiro atoms. The molecule has 186 valence electrons. The Morgan fingerprint density at radius 1 is 1.06 bits per heavy atom. The van der Waals surface area contributed by atoms with Gasteiger partial charge < -0.3 is 15.6 Å². The SMILES string of the molecule is CCOc1ccccc1N/N=C(CO)\C(C)=N/Nc1nc(-c2ccc(CCCCCN)cc2)cs1. The van der Waals surface area contributed by atoms with Crippen LogP contribution < -0.4 is 21.3 Å². The number of aliphatic hydroxyl groups is 1. The van der Waals surface area contributed by atoms with Gasteiger partial charge in [-0.3, -0.25) is 10.9 Å². The summed E-state index contributed by atoms with van der Waals surface area (Å²) >= 11 is 1.47. The van der Waals surface area contributed by atoms with Crippen molar-refractivity contribution in [3.63, 3.8) is 0 Å². The fourth-order valence-corrected chi connectivity index (χ4v) is 4.01. The number of aromatic nitrogens is 1. The minimum absolute atomic E-state index is 0.261. The number of aliphatic hydroxyl groups excluding tert-OH is 1. The van der Waals surface area contributed by atoms with Crippen LogP contribution in [0.1, 0.15) is 38.7 Å². The number of hydrazone groups is 2. The van der Waals surface area contributed by atoms with Gasteiger partial charge in [0, 0.05) is 10.9 Å². The Hall–Kier alpha value is -3.27. The molecule has 8 nitrogen and oxygen atoms in total. The Morgan fingerprint density at radius 2 is 1.86 bits per heavy atom. The van der Waals surface area contributed by atoms with Crippen LogP contribution >= 0.6 is 11.3 Å². The highest BCUT2D eigenvalue weighted by Crippen LogP contribution is 2.26. The number of hydrogen-bond acceptors (Lipinski definition) is 9. The zero-order valence-electron chi connectivity index (χ0n) is 20.3. The Bertz CT molecular complexity index is 1110. The van der Waals surface area contributed by atoms with Crippen molar-refractivity contribution >= 4 is 33.6 Å². The van der Waals surface area contributed by atoms with E-state index in [0.717, 1.165) is 37.1 Å². The molecule has 0 radical (unpaired) electrons. The monoisotopic (exact) mass is 494 g/mol. The van der Waals surface area contributed by atoms with Gasteiger partial charge in [0.1, 0.15) is 11.5 Å². The van der Waals surface area contributed by atoms with E-state index >= 15 is 0 Å². The number of rotatable bonds is 14. The van der Waals surface area contributed by atoms with E-state index in [4.69, 9.17) is 10.5 Å². The van der Waals surface area contributed by atoms with Gasteiger partial charge in [-0.05, 0) is 57.4 Å². The molecule has 0 amide bonds. The predicted molar refractivity (Wildman–Crippen MR) is 147 cm³/mol. The normalized spacial score (nSPS) is 12.0. The third kappa shape index (κ3) is 8.17. The van der Waals surface area contributed by atoms with Crippen LogP contribution in [-0.2, 0) is 6.42 Å². The van der Waals surface area contributed by atoms with Gasteiger partial charge in [-0.2, -0.15) is 10.2 Å². The van der Waals surface area contributed by atoms with Crippen LogP contribution in [0.15, 0.2) is 64.1 Å². The van der Waals surface area contributed by atoms with Crippen LogP contribution in [0.3, 0.4) is 0 Å². The smallest absolute Gasteiger partial charge is 0.203 e. The van der Waals surface area contributed by atoms with E-state index < -0.39 is 0 Å². The number of hydrogen-bond donors (Lipinski definition) is 4. The number of anilines is 2. The van der Waals surface area contributed by atoms with Crippen molar-refractivity contribution in [2.45, 2.75) is 39.5 Å². The molecule has 0 aliphatic carbocycles. The first-order valence-electron chi connectivity index (χ1n) is 11.9. The minimum atomic E-state index is -0.261. The summed E-state index contributed by atoms with van der Waals surface area (Å²) in [6.07, 6.45) is 4.47. The van der Waals surface area contributed by atoms with Crippen molar-refractivity contribution in [3.05, 3.63) is 59.5 Å². The summed E-state index contributed by atoms with van der Waals surface area (Å²) in [4.78, 5) is 4.63. The summed E-state index contributed by atoms with van der Waals surface area (Å²) in [5.74, 6) is 0.693. The molecule has 1 aromatic heterocycles. The second-order valence-corrected chi connectivity index (χ2v) is 8.76. The van der Waals surface area contributed by atoms with Gasteiger partial charge in [-0.1, -0.05) is 42.8 Å². The van der Waals surface area contributed by atoms with E-state index in [1.54, 1.807) is 6.92 Å². The molecule has 0 aliphatic heterocycles.